The molecule has 3 rings (SSSR count). The minimum atomic E-state index is 0.755. The monoisotopic (exact) mass is 310 g/mol. The number of aryl methyl sites for hydroxylation is 2. The highest BCUT2D eigenvalue weighted by molar-refractivity contribution is 6.30. The summed E-state index contributed by atoms with van der Waals surface area (Å²) in [4.78, 5) is 5.26. The van der Waals surface area contributed by atoms with E-state index in [1.807, 2.05) is 11.7 Å². The Hall–Kier alpha value is -0.580. The Kier molecular flexibility index (Phi) is 4.87. The van der Waals surface area contributed by atoms with E-state index in [2.05, 4.69) is 21.8 Å². The van der Waals surface area contributed by atoms with Crippen molar-refractivity contribution in [1.82, 2.24) is 19.6 Å². The second-order valence-electron chi connectivity index (χ2n) is 6.47. The van der Waals surface area contributed by atoms with Gasteiger partial charge in [-0.05, 0) is 38.8 Å². The van der Waals surface area contributed by atoms with Crippen LogP contribution in [0, 0.1) is 0 Å². The van der Waals surface area contributed by atoms with E-state index in [0.717, 1.165) is 29.9 Å². The van der Waals surface area contributed by atoms with E-state index in [0.29, 0.717) is 0 Å². The van der Waals surface area contributed by atoms with Gasteiger partial charge in [-0.3, -0.25) is 14.5 Å². The molecule has 2 aliphatic rings. The van der Waals surface area contributed by atoms with Crippen molar-refractivity contribution in [2.24, 2.45) is 7.05 Å². The smallest absolute Gasteiger partial charge is 0.131 e. The summed E-state index contributed by atoms with van der Waals surface area (Å²) in [7, 11) is 1.94. The predicted octanol–water partition coefficient (Wildman–Crippen LogP) is 2.70. The van der Waals surface area contributed by atoms with Crippen LogP contribution < -0.4 is 0 Å². The summed E-state index contributed by atoms with van der Waals surface area (Å²) in [6, 6.07) is 0.755. The van der Waals surface area contributed by atoms with Gasteiger partial charge < -0.3 is 0 Å². The second kappa shape index (κ2) is 6.67. The van der Waals surface area contributed by atoms with Gasteiger partial charge in [0.05, 0.1) is 5.69 Å². The molecule has 2 saturated heterocycles. The van der Waals surface area contributed by atoms with Gasteiger partial charge in [0.2, 0.25) is 0 Å². The number of aromatic nitrogens is 2. The third-order valence-electron chi connectivity index (χ3n) is 5.02. The van der Waals surface area contributed by atoms with Crippen LogP contribution >= 0.6 is 11.6 Å². The van der Waals surface area contributed by atoms with Gasteiger partial charge in [-0.15, -0.1) is 0 Å². The molecule has 2 aliphatic heterocycles. The molecule has 0 aliphatic carbocycles. The lowest BCUT2D eigenvalue weighted by molar-refractivity contribution is 0.161. The van der Waals surface area contributed by atoms with Crippen LogP contribution in [0.15, 0.2) is 0 Å². The van der Waals surface area contributed by atoms with Crippen molar-refractivity contribution in [2.75, 3.05) is 26.2 Å². The average molecular weight is 311 g/mol. The van der Waals surface area contributed by atoms with Gasteiger partial charge in [-0.25, -0.2) is 0 Å². The lowest BCUT2D eigenvalue weighted by atomic mass is 10.1. The Balaban J connectivity index is 1.62. The Labute approximate surface area is 133 Å². The highest BCUT2D eigenvalue weighted by Gasteiger charge is 2.29. The number of likely N-dealkylation sites (tertiary alicyclic amines) is 2. The van der Waals surface area contributed by atoms with Gasteiger partial charge in [-0.2, -0.15) is 5.10 Å². The van der Waals surface area contributed by atoms with Crippen molar-refractivity contribution in [2.45, 2.75) is 51.6 Å². The van der Waals surface area contributed by atoms with Crippen molar-refractivity contribution < 1.29 is 0 Å². The van der Waals surface area contributed by atoms with E-state index < -0.39 is 0 Å². The van der Waals surface area contributed by atoms with Gasteiger partial charge >= 0.3 is 0 Å². The van der Waals surface area contributed by atoms with Crippen LogP contribution in [-0.4, -0.2) is 51.8 Å². The molecule has 0 aromatic carbocycles. The number of nitrogens with zero attached hydrogens (tertiary/aromatic N) is 4. The Morgan fingerprint density at radius 2 is 1.95 bits per heavy atom. The number of halogens is 1. The predicted molar refractivity (Wildman–Crippen MR) is 86.7 cm³/mol. The van der Waals surface area contributed by atoms with Crippen molar-refractivity contribution in [1.29, 1.82) is 0 Å². The first-order valence-corrected chi connectivity index (χ1v) is 8.73. The van der Waals surface area contributed by atoms with E-state index in [1.54, 1.807) is 0 Å². The van der Waals surface area contributed by atoms with E-state index in [9.17, 15) is 0 Å². The van der Waals surface area contributed by atoms with Crippen molar-refractivity contribution >= 4 is 11.6 Å². The molecule has 5 heteroatoms. The fourth-order valence-electron chi connectivity index (χ4n) is 3.80. The molecule has 1 atom stereocenters. The van der Waals surface area contributed by atoms with Gasteiger partial charge in [-0.1, -0.05) is 24.9 Å². The quantitative estimate of drug-likeness (QED) is 0.854. The molecule has 1 aromatic heterocycles. The van der Waals surface area contributed by atoms with E-state index in [4.69, 9.17) is 11.6 Å². The number of hydrogen-bond donors (Lipinski definition) is 0. The van der Waals surface area contributed by atoms with Crippen LogP contribution in [0.4, 0.5) is 0 Å². The van der Waals surface area contributed by atoms with Crippen LogP contribution in [0.1, 0.15) is 43.9 Å². The van der Waals surface area contributed by atoms with E-state index in [-0.39, 0.29) is 0 Å². The van der Waals surface area contributed by atoms with Crippen molar-refractivity contribution in [3.05, 3.63) is 16.4 Å². The molecule has 3 heterocycles. The summed E-state index contributed by atoms with van der Waals surface area (Å²) >= 11 is 6.42. The first-order valence-electron chi connectivity index (χ1n) is 8.35. The fraction of sp³-hybridized carbons (Fsp3) is 0.812. The zero-order valence-electron chi connectivity index (χ0n) is 13.3. The Bertz CT molecular complexity index is 479. The maximum absolute atomic E-state index is 6.42. The maximum Gasteiger partial charge on any atom is 0.131 e. The molecule has 1 aromatic rings. The molecule has 0 N–H and O–H groups in total. The van der Waals surface area contributed by atoms with Crippen molar-refractivity contribution in [3.63, 3.8) is 0 Å². The summed E-state index contributed by atoms with van der Waals surface area (Å²) in [5, 5.41) is 5.34. The van der Waals surface area contributed by atoms with Crippen molar-refractivity contribution in [3.8, 4) is 0 Å². The van der Waals surface area contributed by atoms with Gasteiger partial charge in [0.1, 0.15) is 5.15 Å². The molecule has 2 fully saturated rings. The van der Waals surface area contributed by atoms with Crippen LogP contribution in [0.25, 0.3) is 0 Å². The first kappa shape index (κ1) is 15.3. The molecule has 4 nitrogen and oxygen atoms in total. The number of rotatable bonds is 4. The van der Waals surface area contributed by atoms with Crippen LogP contribution in [0.3, 0.4) is 0 Å². The zero-order chi connectivity index (χ0) is 14.8. The molecule has 1 unspecified atom stereocenters. The largest absolute Gasteiger partial charge is 0.299 e. The zero-order valence-corrected chi connectivity index (χ0v) is 14.1. The average Bonchev–Trinajstić information content (AvgIpc) is 3.08. The summed E-state index contributed by atoms with van der Waals surface area (Å²) < 4.78 is 1.81. The molecular weight excluding hydrogens is 284 g/mol. The maximum atomic E-state index is 6.42. The summed E-state index contributed by atoms with van der Waals surface area (Å²) in [6.45, 7) is 8.09. The lowest BCUT2D eigenvalue weighted by Gasteiger charge is -2.32. The highest BCUT2D eigenvalue weighted by atomic mass is 35.5. The standard InChI is InChI=1S/C16H27ClN4/c1-3-15-14(16(17)19(2)18-15)12-20-10-7-13(11-20)21-8-5-4-6-9-21/h13H,3-12H2,1-2H3. The molecule has 0 spiro atoms. The molecule has 118 valence electrons. The van der Waals surface area contributed by atoms with Crippen LogP contribution in [0.5, 0.6) is 0 Å². The van der Waals surface area contributed by atoms with Gasteiger partial charge in [0.25, 0.3) is 0 Å². The van der Waals surface area contributed by atoms with Gasteiger partial charge in [0.15, 0.2) is 0 Å². The molecule has 0 radical (unpaired) electrons. The molecular formula is C16H27ClN4. The minimum Gasteiger partial charge on any atom is -0.299 e. The SMILES string of the molecule is CCc1nn(C)c(Cl)c1CN1CCC(N2CCCCC2)C1. The fourth-order valence-corrected chi connectivity index (χ4v) is 4.01. The topological polar surface area (TPSA) is 24.3 Å². The lowest BCUT2D eigenvalue weighted by Crippen LogP contribution is -2.40. The summed E-state index contributed by atoms with van der Waals surface area (Å²) in [5.74, 6) is 0. The van der Waals surface area contributed by atoms with E-state index >= 15 is 0 Å². The molecule has 0 bridgehead atoms. The molecule has 21 heavy (non-hydrogen) atoms. The number of hydrogen-bond acceptors (Lipinski definition) is 3. The Morgan fingerprint density at radius 3 is 2.67 bits per heavy atom. The van der Waals surface area contributed by atoms with Gasteiger partial charge in [0, 0.05) is 38.3 Å². The molecule has 0 amide bonds. The second-order valence-corrected chi connectivity index (χ2v) is 6.83. The summed E-state index contributed by atoms with van der Waals surface area (Å²) in [6.07, 6.45) is 6.44. The normalized spacial score (nSPS) is 24.8. The number of piperidine rings is 1. The summed E-state index contributed by atoms with van der Waals surface area (Å²) in [5.41, 5.74) is 2.39. The Morgan fingerprint density at radius 1 is 1.19 bits per heavy atom. The molecule has 0 saturated carbocycles. The third-order valence-corrected chi connectivity index (χ3v) is 5.50. The van der Waals surface area contributed by atoms with Crippen LogP contribution in [-0.2, 0) is 20.0 Å². The minimum absolute atomic E-state index is 0.755. The third kappa shape index (κ3) is 3.27. The first-order chi connectivity index (χ1) is 10.2. The van der Waals surface area contributed by atoms with Crippen LogP contribution in [0.2, 0.25) is 5.15 Å². The van der Waals surface area contributed by atoms with E-state index in [1.165, 1.54) is 57.4 Å². The highest BCUT2D eigenvalue weighted by Crippen LogP contribution is 2.26.